The summed E-state index contributed by atoms with van der Waals surface area (Å²) >= 11 is 4.28. The molecule has 0 spiro atoms. The minimum absolute atomic E-state index is 0.250. The number of thiol groups is 1. The first-order valence-electron chi connectivity index (χ1n) is 3.71. The van der Waals surface area contributed by atoms with E-state index in [0.29, 0.717) is 0 Å². The lowest BCUT2D eigenvalue weighted by molar-refractivity contribution is 0.300. The summed E-state index contributed by atoms with van der Waals surface area (Å²) in [6.45, 7) is 2.90. The Morgan fingerprint density at radius 3 is 2.40 bits per heavy atom. The van der Waals surface area contributed by atoms with Gasteiger partial charge in [-0.25, -0.2) is 0 Å². The molecule has 1 saturated heterocycles. The molecular weight excluding hydrogens is 164 g/mol. The maximum absolute atomic E-state index is 7.57. The lowest BCUT2D eigenvalue weighted by Gasteiger charge is -2.15. The lowest BCUT2D eigenvalue weighted by atomic mass is 10.4. The van der Waals surface area contributed by atoms with E-state index in [1.54, 1.807) is 6.92 Å². The van der Waals surface area contributed by atoms with E-state index >= 15 is 0 Å². The molecule has 1 atom stereocenters. The van der Waals surface area contributed by atoms with E-state index in [-0.39, 0.29) is 6.61 Å². The van der Waals surface area contributed by atoms with E-state index in [1.807, 2.05) is 0 Å². The molecule has 1 aliphatic rings. The summed E-state index contributed by atoms with van der Waals surface area (Å²) in [5.74, 6) is 0. The summed E-state index contributed by atoms with van der Waals surface area (Å²) in [6, 6.07) is 1.27. The molecule has 0 aliphatic carbocycles. The standard InChI is InChI=1S/C4H10OSSi.C2H6O/c6-7-4-2-1-3-5-7;1-2-3/h6-7H,1-4H2;3H,2H2,1H3. The van der Waals surface area contributed by atoms with Crippen LogP contribution in [0.15, 0.2) is 0 Å². The second-order valence-corrected chi connectivity index (χ2v) is 5.69. The van der Waals surface area contributed by atoms with Gasteiger partial charge in [0.25, 0.3) is 0 Å². The van der Waals surface area contributed by atoms with Crippen molar-refractivity contribution in [3.63, 3.8) is 0 Å². The Balaban J connectivity index is 0.000000236. The molecule has 10 heavy (non-hydrogen) atoms. The highest BCUT2D eigenvalue weighted by atomic mass is 32.3. The van der Waals surface area contributed by atoms with Crippen LogP contribution in [0.3, 0.4) is 0 Å². The van der Waals surface area contributed by atoms with Crippen molar-refractivity contribution in [3.8, 4) is 0 Å². The second kappa shape index (κ2) is 7.59. The third-order valence-corrected chi connectivity index (χ3v) is 3.90. The summed E-state index contributed by atoms with van der Waals surface area (Å²) in [4.78, 5) is 0. The quantitative estimate of drug-likeness (QED) is 0.429. The maximum Gasteiger partial charge on any atom is 0.235 e. The monoisotopic (exact) mass is 180 g/mol. The highest BCUT2D eigenvalue weighted by Gasteiger charge is 2.09. The molecule has 62 valence electrons. The fourth-order valence-corrected chi connectivity index (χ4v) is 2.83. The Morgan fingerprint density at radius 1 is 1.60 bits per heavy atom. The predicted molar refractivity (Wildman–Crippen MR) is 48.9 cm³/mol. The van der Waals surface area contributed by atoms with Crippen LogP contribution in [0.5, 0.6) is 0 Å². The van der Waals surface area contributed by atoms with Crippen molar-refractivity contribution in [2.45, 2.75) is 25.8 Å². The van der Waals surface area contributed by atoms with Crippen LogP contribution in [-0.2, 0) is 4.43 Å². The average molecular weight is 180 g/mol. The first-order chi connectivity index (χ1) is 4.81. The van der Waals surface area contributed by atoms with Crippen LogP contribution in [0, 0.1) is 0 Å². The average Bonchev–Trinajstić information content (AvgIpc) is 1.91. The van der Waals surface area contributed by atoms with Gasteiger partial charge in [-0.3, -0.25) is 0 Å². The Kier molecular flexibility index (Phi) is 7.96. The fourth-order valence-electron chi connectivity index (χ4n) is 0.724. The molecule has 0 aromatic carbocycles. The first-order valence-corrected chi connectivity index (χ1v) is 7.07. The SMILES string of the molecule is CCO.S[SiH]1CCCCO1. The predicted octanol–water partition coefficient (Wildman–Crippen LogP) is 0.946. The smallest absolute Gasteiger partial charge is 0.235 e. The van der Waals surface area contributed by atoms with Crippen molar-refractivity contribution < 1.29 is 9.53 Å². The number of aliphatic hydroxyl groups excluding tert-OH is 1. The van der Waals surface area contributed by atoms with Gasteiger partial charge in [0.1, 0.15) is 0 Å². The maximum atomic E-state index is 7.57. The molecule has 0 saturated carbocycles. The molecule has 4 heteroatoms. The van der Waals surface area contributed by atoms with Crippen LogP contribution < -0.4 is 0 Å². The van der Waals surface area contributed by atoms with E-state index in [9.17, 15) is 0 Å². The summed E-state index contributed by atoms with van der Waals surface area (Å²) < 4.78 is 5.28. The van der Waals surface area contributed by atoms with Crippen LogP contribution in [0.25, 0.3) is 0 Å². The van der Waals surface area contributed by atoms with Gasteiger partial charge in [0.15, 0.2) is 0 Å². The van der Waals surface area contributed by atoms with Gasteiger partial charge in [0.2, 0.25) is 8.19 Å². The zero-order valence-electron chi connectivity index (χ0n) is 6.42. The van der Waals surface area contributed by atoms with Gasteiger partial charge in [-0.2, -0.15) is 12.1 Å². The van der Waals surface area contributed by atoms with Crippen molar-refractivity contribution >= 4 is 20.3 Å². The number of hydrogen-bond donors (Lipinski definition) is 2. The van der Waals surface area contributed by atoms with E-state index in [4.69, 9.17) is 9.53 Å². The Labute approximate surface area is 69.4 Å². The number of rotatable bonds is 0. The van der Waals surface area contributed by atoms with Gasteiger partial charge in [-0.15, -0.1) is 0 Å². The van der Waals surface area contributed by atoms with Crippen LogP contribution >= 0.6 is 12.1 Å². The van der Waals surface area contributed by atoms with Crippen molar-refractivity contribution in [1.29, 1.82) is 0 Å². The Hall–Kier alpha value is 0.487. The van der Waals surface area contributed by atoms with E-state index in [1.165, 1.54) is 18.9 Å². The molecule has 0 aromatic heterocycles. The molecule has 2 nitrogen and oxygen atoms in total. The zero-order chi connectivity index (χ0) is 7.82. The van der Waals surface area contributed by atoms with Crippen LogP contribution in [0.2, 0.25) is 6.04 Å². The summed E-state index contributed by atoms with van der Waals surface area (Å²) in [7, 11) is -0.900. The zero-order valence-corrected chi connectivity index (χ0v) is 8.46. The van der Waals surface area contributed by atoms with Crippen LogP contribution in [-0.4, -0.2) is 26.5 Å². The molecule has 0 amide bonds. The molecule has 1 aliphatic heterocycles. The highest BCUT2D eigenvalue weighted by molar-refractivity contribution is 8.09. The molecule has 1 fully saturated rings. The minimum Gasteiger partial charge on any atom is -0.410 e. The van der Waals surface area contributed by atoms with Crippen LogP contribution in [0.1, 0.15) is 19.8 Å². The van der Waals surface area contributed by atoms with Crippen LogP contribution in [0.4, 0.5) is 0 Å². The van der Waals surface area contributed by atoms with Gasteiger partial charge >= 0.3 is 0 Å². The summed E-state index contributed by atoms with van der Waals surface area (Å²) in [5, 5.41) is 7.57. The van der Waals surface area contributed by atoms with Crippen molar-refractivity contribution in [2.24, 2.45) is 0 Å². The molecule has 1 N–H and O–H groups in total. The molecule has 1 unspecified atom stereocenters. The lowest BCUT2D eigenvalue weighted by Crippen LogP contribution is -2.16. The van der Waals surface area contributed by atoms with Crippen molar-refractivity contribution in [1.82, 2.24) is 0 Å². The second-order valence-electron chi connectivity index (χ2n) is 2.14. The number of aliphatic hydroxyl groups is 1. The van der Waals surface area contributed by atoms with Gasteiger partial charge in [-0.05, 0) is 19.4 Å². The molecule has 0 radical (unpaired) electrons. The third kappa shape index (κ3) is 6.60. The fraction of sp³-hybridized carbons (Fsp3) is 1.00. The summed E-state index contributed by atoms with van der Waals surface area (Å²) in [5.41, 5.74) is 0. The molecule has 1 heterocycles. The van der Waals surface area contributed by atoms with Gasteiger partial charge < -0.3 is 9.53 Å². The topological polar surface area (TPSA) is 29.5 Å². The Morgan fingerprint density at radius 2 is 2.20 bits per heavy atom. The van der Waals surface area contributed by atoms with E-state index < -0.39 is 8.19 Å². The first kappa shape index (κ1) is 10.5. The van der Waals surface area contributed by atoms with Gasteiger partial charge in [-0.1, -0.05) is 6.42 Å². The Bertz CT molecular complexity index is 66.8. The van der Waals surface area contributed by atoms with Crippen molar-refractivity contribution in [3.05, 3.63) is 0 Å². The number of hydrogen-bond acceptors (Lipinski definition) is 3. The minimum atomic E-state index is -0.900. The van der Waals surface area contributed by atoms with E-state index in [2.05, 4.69) is 12.1 Å². The largest absolute Gasteiger partial charge is 0.410 e. The summed E-state index contributed by atoms with van der Waals surface area (Å²) in [6.07, 6.45) is 2.60. The highest BCUT2D eigenvalue weighted by Crippen LogP contribution is 2.11. The van der Waals surface area contributed by atoms with Gasteiger partial charge in [0, 0.05) is 13.2 Å². The van der Waals surface area contributed by atoms with Crippen molar-refractivity contribution in [2.75, 3.05) is 13.2 Å². The molecular formula is C6H16O2SSi. The third-order valence-electron chi connectivity index (χ3n) is 1.16. The normalized spacial score (nSPS) is 24.9. The van der Waals surface area contributed by atoms with Gasteiger partial charge in [0.05, 0.1) is 0 Å². The molecule has 0 aromatic rings. The van der Waals surface area contributed by atoms with E-state index in [0.717, 1.165) is 6.61 Å². The molecule has 1 rings (SSSR count). The molecule has 0 bridgehead atoms.